The van der Waals surface area contributed by atoms with Crippen LogP contribution >= 0.6 is 0 Å². The lowest BCUT2D eigenvalue weighted by molar-refractivity contribution is -0.139. The molecule has 35 heavy (non-hydrogen) atoms. The van der Waals surface area contributed by atoms with Gasteiger partial charge < -0.3 is 10.2 Å². The summed E-state index contributed by atoms with van der Waals surface area (Å²) in [7, 11) is 0. The van der Waals surface area contributed by atoms with Crippen molar-refractivity contribution in [1.82, 2.24) is 20.0 Å². The molecule has 0 aromatic heterocycles. The van der Waals surface area contributed by atoms with E-state index in [2.05, 4.69) is 16.3 Å². The molecule has 6 rings (SSSR count). The number of imide groups is 1. The van der Waals surface area contributed by atoms with Crippen molar-refractivity contribution in [2.24, 2.45) is 11.8 Å². The second-order valence-electron chi connectivity index (χ2n) is 11.0. The molecule has 2 bridgehead atoms. The summed E-state index contributed by atoms with van der Waals surface area (Å²) in [5.41, 5.74) is 2.53. The van der Waals surface area contributed by atoms with Gasteiger partial charge in [-0.2, -0.15) is 0 Å². The van der Waals surface area contributed by atoms with E-state index in [0.29, 0.717) is 30.8 Å². The molecule has 1 aromatic carbocycles. The third kappa shape index (κ3) is 4.28. The van der Waals surface area contributed by atoms with Crippen molar-refractivity contribution in [2.45, 2.75) is 69.5 Å². The zero-order chi connectivity index (χ0) is 23.9. The van der Waals surface area contributed by atoms with E-state index >= 15 is 0 Å². The van der Waals surface area contributed by atoms with Gasteiger partial charge in [0, 0.05) is 25.7 Å². The first-order chi connectivity index (χ1) is 17.1. The van der Waals surface area contributed by atoms with E-state index in [-0.39, 0.29) is 30.3 Å². The van der Waals surface area contributed by atoms with Crippen molar-refractivity contribution in [2.75, 3.05) is 26.2 Å². The van der Waals surface area contributed by atoms with E-state index < -0.39 is 6.04 Å². The van der Waals surface area contributed by atoms with Gasteiger partial charge in [0.1, 0.15) is 6.04 Å². The summed E-state index contributed by atoms with van der Waals surface area (Å²) in [6, 6.07) is 9.56. The molecular weight excluding hydrogens is 440 g/mol. The SMILES string of the molecule is O=C1NC(CC(=O)N2CCCC3=C[C@@H]4C[C@@H](CN5CCCCC45)C32)C(=O)N1CCc1ccccc1. The fraction of sp³-hybridized carbons (Fsp3) is 0.607. The van der Waals surface area contributed by atoms with Gasteiger partial charge >= 0.3 is 6.03 Å². The van der Waals surface area contributed by atoms with Crippen LogP contribution in [0.4, 0.5) is 4.79 Å². The Labute approximate surface area is 207 Å². The number of hydrogen-bond acceptors (Lipinski definition) is 4. The van der Waals surface area contributed by atoms with Crippen LogP contribution in [0.2, 0.25) is 0 Å². The highest BCUT2D eigenvalue weighted by Crippen LogP contribution is 2.45. The van der Waals surface area contributed by atoms with Crippen LogP contribution in [-0.4, -0.2) is 76.8 Å². The standard InChI is InChI=1S/C28H36N4O3/c33-25(17-23-27(34)32(28(35)29-23)14-11-19-7-2-1-3-8-19)31-13-6-9-20-15-21-16-22(26(20)31)18-30-12-5-4-10-24(21)30/h1-3,7-8,15,21-24,26H,4-6,9-14,16-18H2,(H,29,35)/t21-,22+,23?,24?,26?/m1/s1. The maximum atomic E-state index is 13.6. The summed E-state index contributed by atoms with van der Waals surface area (Å²) in [5.74, 6) is 0.840. The molecule has 1 N–H and O–H groups in total. The summed E-state index contributed by atoms with van der Waals surface area (Å²) in [6.07, 6.45) is 10.3. The van der Waals surface area contributed by atoms with Gasteiger partial charge in [-0.15, -0.1) is 0 Å². The van der Waals surface area contributed by atoms with Crippen LogP contribution in [0.5, 0.6) is 0 Å². The number of hydrogen-bond donors (Lipinski definition) is 1. The number of carbonyl (C=O) groups excluding carboxylic acids is 3. The number of carbonyl (C=O) groups is 3. The van der Waals surface area contributed by atoms with Crippen molar-refractivity contribution in [1.29, 1.82) is 0 Å². The largest absolute Gasteiger partial charge is 0.336 e. The van der Waals surface area contributed by atoms with Gasteiger partial charge in [0.25, 0.3) is 5.91 Å². The van der Waals surface area contributed by atoms with E-state index in [1.807, 2.05) is 35.2 Å². The van der Waals surface area contributed by atoms with Crippen LogP contribution in [0.1, 0.15) is 50.5 Å². The Hall–Kier alpha value is -2.67. The Morgan fingerprint density at radius 3 is 2.77 bits per heavy atom. The van der Waals surface area contributed by atoms with Gasteiger partial charge in [0.05, 0.1) is 12.5 Å². The summed E-state index contributed by atoms with van der Waals surface area (Å²) in [4.78, 5) is 45.1. The first-order valence-corrected chi connectivity index (χ1v) is 13.5. The van der Waals surface area contributed by atoms with Crippen molar-refractivity contribution >= 4 is 17.8 Å². The fourth-order valence-electron chi connectivity index (χ4n) is 7.36. The third-order valence-electron chi connectivity index (χ3n) is 8.93. The number of amides is 4. The number of nitrogens with one attached hydrogen (secondary N) is 1. The normalized spacial score (nSPS) is 32.6. The molecule has 4 aliphatic heterocycles. The van der Waals surface area contributed by atoms with E-state index in [1.54, 1.807) is 0 Å². The van der Waals surface area contributed by atoms with Gasteiger partial charge in [-0.05, 0) is 62.5 Å². The minimum Gasteiger partial charge on any atom is -0.336 e. The van der Waals surface area contributed by atoms with Crippen LogP contribution in [0, 0.1) is 11.8 Å². The average Bonchev–Trinajstić information content (AvgIpc) is 3.14. The molecule has 1 aromatic rings. The van der Waals surface area contributed by atoms with Gasteiger partial charge in [0.2, 0.25) is 5.91 Å². The van der Waals surface area contributed by atoms with Crippen LogP contribution in [0.3, 0.4) is 0 Å². The van der Waals surface area contributed by atoms with Crippen molar-refractivity contribution in [3.8, 4) is 0 Å². The summed E-state index contributed by atoms with van der Waals surface area (Å²) in [5, 5.41) is 2.78. The minimum atomic E-state index is -0.755. The maximum Gasteiger partial charge on any atom is 0.324 e. The Kier molecular flexibility index (Phi) is 6.13. The molecule has 0 radical (unpaired) electrons. The summed E-state index contributed by atoms with van der Waals surface area (Å²) >= 11 is 0. The second kappa shape index (κ2) is 9.41. The van der Waals surface area contributed by atoms with Gasteiger partial charge in [-0.25, -0.2) is 4.79 Å². The molecule has 4 heterocycles. The van der Waals surface area contributed by atoms with Crippen LogP contribution < -0.4 is 5.32 Å². The number of urea groups is 1. The molecule has 4 amide bonds. The van der Waals surface area contributed by atoms with E-state index in [0.717, 1.165) is 31.5 Å². The molecule has 4 fully saturated rings. The van der Waals surface area contributed by atoms with Gasteiger partial charge in [-0.3, -0.25) is 19.4 Å². The average molecular weight is 477 g/mol. The zero-order valence-corrected chi connectivity index (χ0v) is 20.4. The number of fused-ring (bicyclic) bond motifs is 6. The van der Waals surface area contributed by atoms with E-state index in [1.165, 1.54) is 42.7 Å². The molecule has 0 spiro atoms. The molecule has 4 saturated heterocycles. The second-order valence-corrected chi connectivity index (χ2v) is 11.0. The van der Waals surface area contributed by atoms with E-state index in [9.17, 15) is 14.4 Å². The quantitative estimate of drug-likeness (QED) is 0.524. The molecule has 186 valence electrons. The minimum absolute atomic E-state index is 0.00313. The molecule has 7 heteroatoms. The predicted octanol–water partition coefficient (Wildman–Crippen LogP) is 2.96. The van der Waals surface area contributed by atoms with Crippen LogP contribution in [0.15, 0.2) is 42.0 Å². The van der Waals surface area contributed by atoms with Gasteiger partial charge in [-0.1, -0.05) is 48.4 Å². The highest BCUT2D eigenvalue weighted by Gasteiger charge is 2.48. The predicted molar refractivity (Wildman–Crippen MR) is 132 cm³/mol. The van der Waals surface area contributed by atoms with E-state index in [4.69, 9.17) is 0 Å². The highest BCUT2D eigenvalue weighted by molar-refractivity contribution is 6.05. The lowest BCUT2D eigenvalue weighted by Gasteiger charge is -2.54. The number of benzene rings is 1. The third-order valence-corrected chi connectivity index (χ3v) is 8.93. The molecule has 0 saturated carbocycles. The highest BCUT2D eigenvalue weighted by atomic mass is 16.2. The molecule has 3 unspecified atom stereocenters. The summed E-state index contributed by atoms with van der Waals surface area (Å²) in [6.45, 7) is 3.35. The van der Waals surface area contributed by atoms with Crippen molar-refractivity contribution < 1.29 is 14.4 Å². The first-order valence-electron chi connectivity index (χ1n) is 13.5. The monoisotopic (exact) mass is 476 g/mol. The molecule has 5 atom stereocenters. The molecule has 5 aliphatic rings. The van der Waals surface area contributed by atoms with Crippen molar-refractivity contribution in [3.05, 3.63) is 47.5 Å². The lowest BCUT2D eigenvalue weighted by atomic mass is 9.68. The first kappa shape index (κ1) is 22.8. The summed E-state index contributed by atoms with van der Waals surface area (Å²) < 4.78 is 0. The smallest absolute Gasteiger partial charge is 0.324 e. The molecule has 1 aliphatic carbocycles. The Morgan fingerprint density at radius 2 is 1.91 bits per heavy atom. The Balaban J connectivity index is 1.12. The number of nitrogens with zero attached hydrogens (tertiary/aromatic N) is 3. The Morgan fingerprint density at radius 1 is 1.06 bits per heavy atom. The van der Waals surface area contributed by atoms with Gasteiger partial charge in [0.15, 0.2) is 0 Å². The maximum absolute atomic E-state index is 13.6. The lowest BCUT2D eigenvalue weighted by Crippen LogP contribution is -2.60. The molecule has 7 nitrogen and oxygen atoms in total. The fourth-order valence-corrected chi connectivity index (χ4v) is 7.36. The van der Waals surface area contributed by atoms with Crippen LogP contribution in [0.25, 0.3) is 0 Å². The van der Waals surface area contributed by atoms with Crippen molar-refractivity contribution in [3.63, 3.8) is 0 Å². The molecular formula is C28H36N4O3. The zero-order valence-electron chi connectivity index (χ0n) is 20.4. The number of rotatable bonds is 5. The Bertz CT molecular complexity index is 1020. The number of piperidine rings is 3. The topological polar surface area (TPSA) is 73.0 Å². The van der Waals surface area contributed by atoms with Crippen LogP contribution in [-0.2, 0) is 16.0 Å². The number of likely N-dealkylation sites (tertiary alicyclic amines) is 1.